The van der Waals surface area contributed by atoms with Crippen molar-refractivity contribution >= 4 is 11.9 Å². The van der Waals surface area contributed by atoms with Crippen LogP contribution in [0.5, 0.6) is 0 Å². The van der Waals surface area contributed by atoms with Gasteiger partial charge in [-0.15, -0.1) is 0 Å². The highest BCUT2D eigenvalue weighted by molar-refractivity contribution is 5.93. The van der Waals surface area contributed by atoms with Gasteiger partial charge in [0.1, 0.15) is 12.2 Å². The smallest absolute Gasteiger partial charge is 0.338 e. The number of rotatable bonds is 6. The van der Waals surface area contributed by atoms with Gasteiger partial charge in [-0.05, 0) is 38.1 Å². The molecule has 1 aromatic carbocycles. The summed E-state index contributed by atoms with van der Waals surface area (Å²) in [7, 11) is 0. The standard InChI is InChI=1S/C14H18O6/c1-9(7-15)19-13(17)11-3-5-12(6-4-11)14(18)20-10(2)8-16/h3-6,9-10,15-16H,7-8H2,1-2H3. The third-order valence-electron chi connectivity index (χ3n) is 2.49. The van der Waals surface area contributed by atoms with Gasteiger partial charge >= 0.3 is 11.9 Å². The molecule has 2 atom stereocenters. The first-order valence-electron chi connectivity index (χ1n) is 6.21. The van der Waals surface area contributed by atoms with Crippen LogP contribution in [0.4, 0.5) is 0 Å². The SMILES string of the molecule is CC(CO)OC(=O)c1ccc(C(=O)OC(C)CO)cc1. The lowest BCUT2D eigenvalue weighted by atomic mass is 10.1. The third kappa shape index (κ3) is 4.64. The molecule has 6 heteroatoms. The van der Waals surface area contributed by atoms with Gasteiger partial charge in [-0.25, -0.2) is 9.59 Å². The third-order valence-corrected chi connectivity index (χ3v) is 2.49. The Balaban J connectivity index is 2.68. The molecule has 2 N–H and O–H groups in total. The van der Waals surface area contributed by atoms with Crippen molar-refractivity contribution in [1.29, 1.82) is 0 Å². The molecule has 0 amide bonds. The molecule has 1 rings (SSSR count). The Morgan fingerprint density at radius 3 is 1.45 bits per heavy atom. The summed E-state index contributed by atoms with van der Waals surface area (Å²) in [6, 6.07) is 5.75. The Bertz CT molecular complexity index is 410. The summed E-state index contributed by atoms with van der Waals surface area (Å²) >= 11 is 0. The molecule has 0 fully saturated rings. The van der Waals surface area contributed by atoms with Gasteiger partial charge in [0.2, 0.25) is 0 Å². The van der Waals surface area contributed by atoms with Crippen molar-refractivity contribution in [1.82, 2.24) is 0 Å². The number of aliphatic hydroxyl groups is 2. The van der Waals surface area contributed by atoms with Gasteiger partial charge in [0, 0.05) is 0 Å². The maximum Gasteiger partial charge on any atom is 0.338 e. The Morgan fingerprint density at radius 2 is 1.20 bits per heavy atom. The van der Waals surface area contributed by atoms with Crippen molar-refractivity contribution in [2.24, 2.45) is 0 Å². The fraction of sp³-hybridized carbons (Fsp3) is 0.429. The van der Waals surface area contributed by atoms with Crippen LogP contribution in [-0.4, -0.2) is 47.6 Å². The van der Waals surface area contributed by atoms with E-state index < -0.39 is 24.1 Å². The molecule has 0 saturated heterocycles. The first-order chi connectivity index (χ1) is 9.47. The summed E-state index contributed by atoms with van der Waals surface area (Å²) in [5.74, 6) is -1.15. The summed E-state index contributed by atoms with van der Waals surface area (Å²) < 4.78 is 9.86. The average molecular weight is 282 g/mol. The van der Waals surface area contributed by atoms with Gasteiger partial charge in [0.25, 0.3) is 0 Å². The second kappa shape index (κ2) is 7.62. The van der Waals surface area contributed by atoms with Crippen LogP contribution in [-0.2, 0) is 9.47 Å². The molecule has 0 radical (unpaired) electrons. The number of hydrogen-bond donors (Lipinski definition) is 2. The number of benzene rings is 1. The zero-order valence-electron chi connectivity index (χ0n) is 11.4. The average Bonchev–Trinajstić information content (AvgIpc) is 2.46. The lowest BCUT2D eigenvalue weighted by Crippen LogP contribution is -2.19. The predicted octanol–water partition coefficient (Wildman–Crippen LogP) is 0.762. The number of carbonyl (C=O) groups is 2. The topological polar surface area (TPSA) is 93.1 Å². The van der Waals surface area contributed by atoms with Crippen LogP contribution in [0.15, 0.2) is 24.3 Å². The Labute approximate surface area is 116 Å². The van der Waals surface area contributed by atoms with E-state index in [2.05, 4.69) is 0 Å². The summed E-state index contributed by atoms with van der Waals surface area (Å²) in [5.41, 5.74) is 0.550. The molecule has 0 heterocycles. The van der Waals surface area contributed by atoms with Crippen molar-refractivity contribution in [2.75, 3.05) is 13.2 Å². The van der Waals surface area contributed by atoms with Crippen LogP contribution >= 0.6 is 0 Å². The molecule has 20 heavy (non-hydrogen) atoms. The summed E-state index contributed by atoms with van der Waals surface area (Å²) in [6.07, 6.45) is -1.17. The molecule has 1 aromatic rings. The number of hydrogen-bond acceptors (Lipinski definition) is 6. The molecule has 0 spiro atoms. The number of ether oxygens (including phenoxy) is 2. The van der Waals surface area contributed by atoms with Crippen molar-refractivity contribution in [3.05, 3.63) is 35.4 Å². The van der Waals surface area contributed by atoms with Gasteiger partial charge in [0.05, 0.1) is 24.3 Å². The molecular weight excluding hydrogens is 264 g/mol. The highest BCUT2D eigenvalue weighted by atomic mass is 16.6. The Morgan fingerprint density at radius 1 is 0.900 bits per heavy atom. The lowest BCUT2D eigenvalue weighted by Gasteiger charge is -2.11. The van der Waals surface area contributed by atoms with Crippen LogP contribution < -0.4 is 0 Å². The quantitative estimate of drug-likeness (QED) is 0.748. The van der Waals surface area contributed by atoms with E-state index in [4.69, 9.17) is 19.7 Å². The van der Waals surface area contributed by atoms with Crippen molar-refractivity contribution < 1.29 is 29.3 Å². The molecule has 110 valence electrons. The Hall–Kier alpha value is -1.92. The molecule has 6 nitrogen and oxygen atoms in total. The minimum atomic E-state index is -0.586. The maximum absolute atomic E-state index is 11.6. The van der Waals surface area contributed by atoms with Crippen LogP contribution in [0, 0.1) is 0 Å². The molecule has 0 aliphatic heterocycles. The van der Waals surface area contributed by atoms with E-state index in [0.717, 1.165) is 0 Å². The van der Waals surface area contributed by atoms with Gasteiger partial charge in [-0.3, -0.25) is 0 Å². The van der Waals surface area contributed by atoms with E-state index >= 15 is 0 Å². The van der Waals surface area contributed by atoms with Crippen molar-refractivity contribution in [3.63, 3.8) is 0 Å². The molecule has 0 aromatic heterocycles. The van der Waals surface area contributed by atoms with E-state index in [-0.39, 0.29) is 24.3 Å². The summed E-state index contributed by atoms with van der Waals surface area (Å²) in [5, 5.41) is 17.6. The highest BCUT2D eigenvalue weighted by Crippen LogP contribution is 2.09. The van der Waals surface area contributed by atoms with Crippen LogP contribution in [0.1, 0.15) is 34.6 Å². The Kier molecular flexibility index (Phi) is 6.14. The van der Waals surface area contributed by atoms with E-state index in [1.807, 2.05) is 0 Å². The van der Waals surface area contributed by atoms with Gasteiger partial charge in [-0.2, -0.15) is 0 Å². The molecule has 2 unspecified atom stereocenters. The normalized spacial score (nSPS) is 13.4. The van der Waals surface area contributed by atoms with E-state index in [1.54, 1.807) is 13.8 Å². The molecule has 0 aliphatic rings. The molecule has 0 saturated carbocycles. The van der Waals surface area contributed by atoms with Crippen LogP contribution in [0.2, 0.25) is 0 Å². The van der Waals surface area contributed by atoms with E-state index in [9.17, 15) is 9.59 Å². The zero-order chi connectivity index (χ0) is 15.1. The van der Waals surface area contributed by atoms with Gasteiger partial charge in [0.15, 0.2) is 0 Å². The molecule has 0 bridgehead atoms. The highest BCUT2D eigenvalue weighted by Gasteiger charge is 2.14. The van der Waals surface area contributed by atoms with E-state index in [0.29, 0.717) is 0 Å². The molecule has 0 aliphatic carbocycles. The predicted molar refractivity (Wildman–Crippen MR) is 70.4 cm³/mol. The first kappa shape index (κ1) is 16.1. The van der Waals surface area contributed by atoms with Crippen LogP contribution in [0.3, 0.4) is 0 Å². The summed E-state index contributed by atoms with van der Waals surface area (Å²) in [6.45, 7) is 2.63. The number of aliphatic hydroxyl groups excluding tert-OH is 2. The van der Waals surface area contributed by atoms with Gasteiger partial charge < -0.3 is 19.7 Å². The number of carbonyl (C=O) groups excluding carboxylic acids is 2. The largest absolute Gasteiger partial charge is 0.457 e. The van der Waals surface area contributed by atoms with Crippen LogP contribution in [0.25, 0.3) is 0 Å². The second-order valence-corrected chi connectivity index (χ2v) is 4.37. The number of esters is 2. The maximum atomic E-state index is 11.6. The monoisotopic (exact) mass is 282 g/mol. The lowest BCUT2D eigenvalue weighted by molar-refractivity contribution is 0.0185. The van der Waals surface area contributed by atoms with Crippen molar-refractivity contribution in [2.45, 2.75) is 26.1 Å². The minimum absolute atomic E-state index is 0.255. The van der Waals surface area contributed by atoms with Crippen molar-refractivity contribution in [3.8, 4) is 0 Å². The first-order valence-corrected chi connectivity index (χ1v) is 6.21. The fourth-order valence-corrected chi connectivity index (χ4v) is 1.32. The van der Waals surface area contributed by atoms with Gasteiger partial charge in [-0.1, -0.05) is 0 Å². The molecular formula is C14H18O6. The van der Waals surface area contributed by atoms with E-state index in [1.165, 1.54) is 24.3 Å². The second-order valence-electron chi connectivity index (χ2n) is 4.37. The fourth-order valence-electron chi connectivity index (χ4n) is 1.32. The minimum Gasteiger partial charge on any atom is -0.457 e. The summed E-state index contributed by atoms with van der Waals surface area (Å²) in [4.78, 5) is 23.3. The zero-order valence-corrected chi connectivity index (χ0v) is 11.4.